The van der Waals surface area contributed by atoms with Gasteiger partial charge in [-0.25, -0.2) is 0 Å². The van der Waals surface area contributed by atoms with E-state index in [4.69, 9.17) is 0 Å². The van der Waals surface area contributed by atoms with E-state index in [0.29, 0.717) is 6.04 Å². The van der Waals surface area contributed by atoms with E-state index in [1.54, 1.807) is 0 Å². The lowest BCUT2D eigenvalue weighted by Gasteiger charge is -2.31. The Morgan fingerprint density at radius 2 is 0.958 bits per heavy atom. The molecule has 0 aliphatic rings. The fraction of sp³-hybridized carbons (Fsp3) is 0.429. The standard InChI is InChI=1S/C21H31N3/c1-7-24(8-2)21(17-9-13-19(14-10-17)22(3)4)18-11-15-20(16-12-18)23(5)6/h9-16,21H,7-8H2,1-6H3. The highest BCUT2D eigenvalue weighted by molar-refractivity contribution is 5.50. The summed E-state index contributed by atoms with van der Waals surface area (Å²) in [5.41, 5.74) is 5.17. The van der Waals surface area contributed by atoms with Gasteiger partial charge in [-0.1, -0.05) is 38.1 Å². The zero-order valence-corrected chi connectivity index (χ0v) is 16.0. The lowest BCUT2D eigenvalue weighted by Crippen LogP contribution is -2.29. The number of nitrogens with zero attached hydrogens (tertiary/aromatic N) is 3. The first-order valence-electron chi connectivity index (χ1n) is 8.76. The van der Waals surface area contributed by atoms with E-state index in [0.717, 1.165) is 13.1 Å². The minimum atomic E-state index is 0.299. The smallest absolute Gasteiger partial charge is 0.0601 e. The summed E-state index contributed by atoms with van der Waals surface area (Å²) < 4.78 is 0. The summed E-state index contributed by atoms with van der Waals surface area (Å²) >= 11 is 0. The molecule has 0 heterocycles. The lowest BCUT2D eigenvalue weighted by molar-refractivity contribution is 0.250. The van der Waals surface area contributed by atoms with Crippen LogP contribution < -0.4 is 9.80 Å². The van der Waals surface area contributed by atoms with Crippen LogP contribution in [-0.4, -0.2) is 46.2 Å². The molecule has 2 rings (SSSR count). The molecule has 0 spiro atoms. The van der Waals surface area contributed by atoms with E-state index >= 15 is 0 Å². The average molecular weight is 326 g/mol. The van der Waals surface area contributed by atoms with Crippen molar-refractivity contribution in [2.75, 3.05) is 51.1 Å². The summed E-state index contributed by atoms with van der Waals surface area (Å²) in [6.45, 7) is 6.54. The zero-order chi connectivity index (χ0) is 17.7. The summed E-state index contributed by atoms with van der Waals surface area (Å²) in [7, 11) is 8.32. The van der Waals surface area contributed by atoms with Crippen molar-refractivity contribution in [3.05, 3.63) is 59.7 Å². The molecule has 0 N–H and O–H groups in total. The van der Waals surface area contributed by atoms with Crippen LogP contribution in [0.4, 0.5) is 11.4 Å². The van der Waals surface area contributed by atoms with Crippen LogP contribution in [0.3, 0.4) is 0 Å². The van der Waals surface area contributed by atoms with Crippen LogP contribution >= 0.6 is 0 Å². The van der Waals surface area contributed by atoms with Gasteiger partial charge in [0.15, 0.2) is 0 Å². The molecule has 0 unspecified atom stereocenters. The van der Waals surface area contributed by atoms with Gasteiger partial charge in [0, 0.05) is 39.6 Å². The Hall–Kier alpha value is -2.00. The predicted molar refractivity (Wildman–Crippen MR) is 106 cm³/mol. The Bertz CT molecular complexity index is 559. The molecule has 0 bridgehead atoms. The molecule has 0 saturated carbocycles. The third-order valence-corrected chi connectivity index (χ3v) is 4.63. The molecule has 2 aromatic rings. The second kappa shape index (κ2) is 8.20. The van der Waals surface area contributed by atoms with Crippen LogP contribution in [0.1, 0.15) is 31.0 Å². The molecule has 130 valence electrons. The molecule has 2 aromatic carbocycles. The predicted octanol–water partition coefficient (Wildman–Crippen LogP) is 4.25. The van der Waals surface area contributed by atoms with E-state index in [1.165, 1.54) is 22.5 Å². The van der Waals surface area contributed by atoms with Gasteiger partial charge in [-0.15, -0.1) is 0 Å². The summed E-state index contributed by atoms with van der Waals surface area (Å²) in [5.74, 6) is 0. The molecule has 0 amide bonds. The van der Waals surface area contributed by atoms with Crippen molar-refractivity contribution in [1.29, 1.82) is 0 Å². The largest absolute Gasteiger partial charge is 0.378 e. The SMILES string of the molecule is CCN(CC)C(c1ccc(N(C)C)cc1)c1ccc(N(C)C)cc1. The summed E-state index contributed by atoms with van der Waals surface area (Å²) in [6, 6.07) is 18.2. The van der Waals surface area contributed by atoms with E-state index < -0.39 is 0 Å². The van der Waals surface area contributed by atoms with Crippen LogP contribution in [0.2, 0.25) is 0 Å². The average Bonchev–Trinajstić information content (AvgIpc) is 2.59. The Labute approximate surface area is 147 Å². The second-order valence-electron chi connectivity index (χ2n) is 6.60. The van der Waals surface area contributed by atoms with Crippen molar-refractivity contribution in [2.24, 2.45) is 0 Å². The third kappa shape index (κ3) is 4.09. The van der Waals surface area contributed by atoms with Crippen molar-refractivity contribution in [3.63, 3.8) is 0 Å². The molecule has 0 atom stereocenters. The molecule has 3 nitrogen and oxygen atoms in total. The first-order valence-corrected chi connectivity index (χ1v) is 8.76. The molecule has 0 aliphatic carbocycles. The maximum absolute atomic E-state index is 2.51. The fourth-order valence-corrected chi connectivity index (χ4v) is 3.11. The maximum Gasteiger partial charge on any atom is 0.0601 e. The Morgan fingerprint density at radius 3 is 1.21 bits per heavy atom. The first kappa shape index (κ1) is 18.3. The number of hydrogen-bond donors (Lipinski definition) is 0. The number of anilines is 2. The topological polar surface area (TPSA) is 9.72 Å². The van der Waals surface area contributed by atoms with Crippen LogP contribution in [-0.2, 0) is 0 Å². The summed E-state index contributed by atoms with van der Waals surface area (Å²) in [6.07, 6.45) is 0. The first-order chi connectivity index (χ1) is 11.5. The van der Waals surface area contributed by atoms with Crippen molar-refractivity contribution in [3.8, 4) is 0 Å². The Balaban J connectivity index is 2.40. The maximum atomic E-state index is 2.51. The zero-order valence-electron chi connectivity index (χ0n) is 16.0. The summed E-state index contributed by atoms with van der Waals surface area (Å²) in [5, 5.41) is 0. The van der Waals surface area contributed by atoms with Crippen LogP contribution in [0.5, 0.6) is 0 Å². The monoisotopic (exact) mass is 325 g/mol. The number of hydrogen-bond acceptors (Lipinski definition) is 3. The van der Waals surface area contributed by atoms with Crippen molar-refractivity contribution < 1.29 is 0 Å². The molecule has 24 heavy (non-hydrogen) atoms. The number of benzene rings is 2. The van der Waals surface area contributed by atoms with Crippen LogP contribution in [0.15, 0.2) is 48.5 Å². The highest BCUT2D eigenvalue weighted by Crippen LogP contribution is 2.30. The van der Waals surface area contributed by atoms with Gasteiger partial charge in [-0.3, -0.25) is 4.90 Å². The van der Waals surface area contributed by atoms with E-state index in [2.05, 4.69) is 105 Å². The van der Waals surface area contributed by atoms with Gasteiger partial charge in [0.25, 0.3) is 0 Å². The highest BCUT2D eigenvalue weighted by atomic mass is 15.1. The molecule has 0 aliphatic heterocycles. The van der Waals surface area contributed by atoms with Gasteiger partial charge < -0.3 is 9.80 Å². The van der Waals surface area contributed by atoms with Crippen molar-refractivity contribution >= 4 is 11.4 Å². The van der Waals surface area contributed by atoms with Gasteiger partial charge in [0.1, 0.15) is 0 Å². The molecule has 0 saturated heterocycles. The Morgan fingerprint density at radius 1 is 0.625 bits per heavy atom. The lowest BCUT2D eigenvalue weighted by atomic mass is 9.96. The molecular weight excluding hydrogens is 294 g/mol. The molecule has 3 heteroatoms. The van der Waals surface area contributed by atoms with Crippen LogP contribution in [0, 0.1) is 0 Å². The van der Waals surface area contributed by atoms with E-state index in [1.807, 2.05) is 0 Å². The van der Waals surface area contributed by atoms with Crippen molar-refractivity contribution in [2.45, 2.75) is 19.9 Å². The van der Waals surface area contributed by atoms with Crippen molar-refractivity contribution in [1.82, 2.24) is 4.90 Å². The van der Waals surface area contributed by atoms with Gasteiger partial charge in [0.05, 0.1) is 6.04 Å². The highest BCUT2D eigenvalue weighted by Gasteiger charge is 2.20. The van der Waals surface area contributed by atoms with E-state index in [9.17, 15) is 0 Å². The minimum Gasteiger partial charge on any atom is -0.378 e. The molecule has 0 radical (unpaired) electrons. The quantitative estimate of drug-likeness (QED) is 0.753. The third-order valence-electron chi connectivity index (χ3n) is 4.63. The summed E-state index contributed by atoms with van der Waals surface area (Å²) in [4.78, 5) is 6.79. The minimum absolute atomic E-state index is 0.299. The fourth-order valence-electron chi connectivity index (χ4n) is 3.11. The van der Waals surface area contributed by atoms with Gasteiger partial charge >= 0.3 is 0 Å². The van der Waals surface area contributed by atoms with Crippen LogP contribution in [0.25, 0.3) is 0 Å². The molecule has 0 aromatic heterocycles. The molecular formula is C21H31N3. The molecule has 0 fully saturated rings. The Kier molecular flexibility index (Phi) is 6.27. The normalized spacial score (nSPS) is 11.2. The van der Waals surface area contributed by atoms with Gasteiger partial charge in [-0.2, -0.15) is 0 Å². The second-order valence-corrected chi connectivity index (χ2v) is 6.60. The van der Waals surface area contributed by atoms with Gasteiger partial charge in [0.2, 0.25) is 0 Å². The van der Waals surface area contributed by atoms with E-state index in [-0.39, 0.29) is 0 Å². The van der Waals surface area contributed by atoms with Gasteiger partial charge in [-0.05, 0) is 48.5 Å². The number of rotatable bonds is 7.